The number of benzene rings is 3. The lowest BCUT2D eigenvalue weighted by Gasteiger charge is -2.05. The molecule has 30 heavy (non-hydrogen) atoms. The first-order valence-electron chi connectivity index (χ1n) is 8.78. The summed E-state index contributed by atoms with van der Waals surface area (Å²) in [7, 11) is 0. The molecule has 0 bridgehead atoms. The number of para-hydroxylation sites is 1. The van der Waals surface area contributed by atoms with E-state index in [0.29, 0.717) is 22.6 Å². The molecule has 0 radical (unpaired) electrons. The van der Waals surface area contributed by atoms with Crippen molar-refractivity contribution >= 4 is 45.6 Å². The summed E-state index contributed by atoms with van der Waals surface area (Å²) in [5.41, 5.74) is 3.73. The maximum Gasteiger partial charge on any atom is 0.343 e. The van der Waals surface area contributed by atoms with Gasteiger partial charge in [-0.15, -0.1) is 0 Å². The molecule has 0 aliphatic carbocycles. The van der Waals surface area contributed by atoms with Crippen molar-refractivity contribution in [2.24, 2.45) is 5.10 Å². The molecule has 3 rings (SSSR count). The maximum atomic E-state index is 12.1. The van der Waals surface area contributed by atoms with E-state index in [1.165, 1.54) is 6.21 Å². The zero-order valence-electron chi connectivity index (χ0n) is 15.5. The minimum Gasteiger partial charge on any atom is -0.423 e. The number of amides is 2. The van der Waals surface area contributed by atoms with E-state index in [1.807, 2.05) is 0 Å². The lowest BCUT2D eigenvalue weighted by atomic mass is 10.2. The Balaban J connectivity index is 1.50. The highest BCUT2D eigenvalue weighted by molar-refractivity contribution is 9.10. The van der Waals surface area contributed by atoms with Gasteiger partial charge < -0.3 is 10.1 Å². The van der Waals surface area contributed by atoms with Crippen LogP contribution >= 0.6 is 15.9 Å². The van der Waals surface area contributed by atoms with Crippen LogP contribution in [0.15, 0.2) is 88.4 Å². The van der Waals surface area contributed by atoms with Crippen LogP contribution in [0.5, 0.6) is 5.75 Å². The van der Waals surface area contributed by atoms with Gasteiger partial charge in [-0.3, -0.25) is 9.59 Å². The second kappa shape index (κ2) is 10.1. The number of nitrogens with zero attached hydrogens (tertiary/aromatic N) is 1. The second-order valence-corrected chi connectivity index (χ2v) is 6.90. The minimum absolute atomic E-state index is 0.367. The maximum absolute atomic E-state index is 12.1. The highest BCUT2D eigenvalue weighted by atomic mass is 79.9. The number of hydrogen-bond donors (Lipinski definition) is 2. The summed E-state index contributed by atoms with van der Waals surface area (Å²) in [6.45, 7) is 0. The molecule has 0 saturated heterocycles. The van der Waals surface area contributed by atoms with Crippen LogP contribution in [-0.2, 0) is 9.59 Å². The number of halogens is 1. The normalized spacial score (nSPS) is 10.4. The first-order chi connectivity index (χ1) is 14.5. The molecule has 0 atom stereocenters. The van der Waals surface area contributed by atoms with Crippen molar-refractivity contribution in [2.45, 2.75) is 0 Å². The van der Waals surface area contributed by atoms with Crippen molar-refractivity contribution < 1.29 is 19.1 Å². The number of hydrazone groups is 1. The molecule has 0 aliphatic rings. The zero-order valence-corrected chi connectivity index (χ0v) is 17.1. The minimum atomic E-state index is -0.893. The first kappa shape index (κ1) is 20.9. The summed E-state index contributed by atoms with van der Waals surface area (Å²) in [5.74, 6) is -1.82. The Kier molecular flexibility index (Phi) is 7.07. The van der Waals surface area contributed by atoms with Gasteiger partial charge in [-0.05, 0) is 66.2 Å². The molecular formula is C22H16BrN3O4. The van der Waals surface area contributed by atoms with Crippen LogP contribution in [0.4, 0.5) is 5.69 Å². The number of rotatable bonds is 5. The fourth-order valence-electron chi connectivity index (χ4n) is 2.30. The topological polar surface area (TPSA) is 96.9 Å². The molecule has 2 amide bonds. The largest absolute Gasteiger partial charge is 0.423 e. The smallest absolute Gasteiger partial charge is 0.343 e. The van der Waals surface area contributed by atoms with Crippen LogP contribution in [-0.4, -0.2) is 24.0 Å². The van der Waals surface area contributed by atoms with Gasteiger partial charge in [0, 0.05) is 10.2 Å². The third-order valence-corrected chi connectivity index (χ3v) is 4.32. The third-order valence-electron chi connectivity index (χ3n) is 3.79. The van der Waals surface area contributed by atoms with E-state index in [2.05, 4.69) is 31.8 Å². The van der Waals surface area contributed by atoms with Gasteiger partial charge in [-0.25, -0.2) is 10.2 Å². The van der Waals surface area contributed by atoms with Gasteiger partial charge in [0.2, 0.25) is 0 Å². The number of anilines is 1. The number of nitrogens with one attached hydrogen (secondary N) is 2. The van der Waals surface area contributed by atoms with Crippen molar-refractivity contribution in [3.05, 3.63) is 94.5 Å². The van der Waals surface area contributed by atoms with E-state index in [0.717, 1.165) is 4.47 Å². The predicted octanol–water partition coefficient (Wildman–Crippen LogP) is 3.76. The Labute approximate surface area is 180 Å². The van der Waals surface area contributed by atoms with Crippen LogP contribution in [0.1, 0.15) is 15.9 Å². The standard InChI is InChI=1S/C22H16BrN3O4/c23-17-10-8-16(9-11-17)22(29)30-19-12-6-15(7-13-19)14-24-26-21(28)20(27)25-18-4-2-1-3-5-18/h1-14H,(H,25,27)(H,26,28). The number of esters is 1. The molecule has 0 saturated carbocycles. The van der Waals surface area contributed by atoms with Gasteiger partial charge in [0.1, 0.15) is 5.75 Å². The van der Waals surface area contributed by atoms with Crippen LogP contribution < -0.4 is 15.5 Å². The second-order valence-electron chi connectivity index (χ2n) is 5.98. The molecule has 3 aromatic rings. The molecule has 0 aromatic heterocycles. The fourth-order valence-corrected chi connectivity index (χ4v) is 2.56. The molecule has 3 aromatic carbocycles. The van der Waals surface area contributed by atoms with Gasteiger partial charge in [0.25, 0.3) is 0 Å². The van der Waals surface area contributed by atoms with Gasteiger partial charge in [-0.1, -0.05) is 34.1 Å². The summed E-state index contributed by atoms with van der Waals surface area (Å²) in [6, 6.07) is 21.9. The number of carbonyl (C=O) groups excluding carboxylic acids is 3. The average molecular weight is 466 g/mol. The van der Waals surface area contributed by atoms with Crippen molar-refractivity contribution in [3.63, 3.8) is 0 Å². The summed E-state index contributed by atoms with van der Waals surface area (Å²) in [4.78, 5) is 35.7. The summed E-state index contributed by atoms with van der Waals surface area (Å²) in [6.07, 6.45) is 1.37. The lowest BCUT2D eigenvalue weighted by Crippen LogP contribution is -2.32. The number of carbonyl (C=O) groups is 3. The lowest BCUT2D eigenvalue weighted by molar-refractivity contribution is -0.136. The van der Waals surface area contributed by atoms with Crippen molar-refractivity contribution in [1.82, 2.24) is 5.43 Å². The molecule has 0 unspecified atom stereocenters. The molecule has 0 aliphatic heterocycles. The Bertz CT molecular complexity index is 1070. The average Bonchev–Trinajstić information content (AvgIpc) is 2.76. The Morgan fingerprint density at radius 1 is 0.833 bits per heavy atom. The van der Waals surface area contributed by atoms with Crippen molar-refractivity contribution in [2.75, 3.05) is 5.32 Å². The molecule has 0 heterocycles. The fraction of sp³-hybridized carbons (Fsp3) is 0. The van der Waals surface area contributed by atoms with Crippen LogP contribution in [0.25, 0.3) is 0 Å². The molecule has 150 valence electrons. The molecular weight excluding hydrogens is 450 g/mol. The van der Waals surface area contributed by atoms with Crippen LogP contribution in [0, 0.1) is 0 Å². The van der Waals surface area contributed by atoms with Crippen LogP contribution in [0.3, 0.4) is 0 Å². The number of hydrogen-bond acceptors (Lipinski definition) is 5. The van der Waals surface area contributed by atoms with E-state index in [4.69, 9.17) is 4.74 Å². The molecule has 7 nitrogen and oxygen atoms in total. The SMILES string of the molecule is O=C(NN=Cc1ccc(OC(=O)c2ccc(Br)cc2)cc1)C(=O)Nc1ccccc1. The molecule has 0 fully saturated rings. The number of ether oxygens (including phenoxy) is 1. The van der Waals surface area contributed by atoms with Crippen LogP contribution in [0.2, 0.25) is 0 Å². The molecule has 2 N–H and O–H groups in total. The Hall–Kier alpha value is -3.78. The van der Waals surface area contributed by atoms with Gasteiger partial charge in [-0.2, -0.15) is 5.10 Å². The predicted molar refractivity (Wildman–Crippen MR) is 116 cm³/mol. The molecule has 8 heteroatoms. The zero-order chi connectivity index (χ0) is 21.3. The molecule has 0 spiro atoms. The van der Waals surface area contributed by atoms with Crippen molar-refractivity contribution in [1.29, 1.82) is 0 Å². The summed E-state index contributed by atoms with van der Waals surface area (Å²) in [5, 5.41) is 6.21. The highest BCUT2D eigenvalue weighted by Crippen LogP contribution is 2.15. The quantitative estimate of drug-likeness (QED) is 0.197. The van der Waals surface area contributed by atoms with Gasteiger partial charge >= 0.3 is 17.8 Å². The van der Waals surface area contributed by atoms with Crippen molar-refractivity contribution in [3.8, 4) is 5.75 Å². The Morgan fingerprint density at radius 2 is 1.50 bits per heavy atom. The van der Waals surface area contributed by atoms with E-state index >= 15 is 0 Å². The summed E-state index contributed by atoms with van der Waals surface area (Å²) >= 11 is 3.31. The van der Waals surface area contributed by atoms with E-state index in [-0.39, 0.29) is 0 Å². The Morgan fingerprint density at radius 3 is 2.17 bits per heavy atom. The van der Waals surface area contributed by atoms with E-state index in [9.17, 15) is 14.4 Å². The highest BCUT2D eigenvalue weighted by Gasteiger charge is 2.12. The van der Waals surface area contributed by atoms with E-state index in [1.54, 1.807) is 78.9 Å². The van der Waals surface area contributed by atoms with Gasteiger partial charge in [0.15, 0.2) is 0 Å². The van der Waals surface area contributed by atoms with E-state index < -0.39 is 17.8 Å². The monoisotopic (exact) mass is 465 g/mol. The third kappa shape index (κ3) is 6.11. The first-order valence-corrected chi connectivity index (χ1v) is 9.58. The summed E-state index contributed by atoms with van der Waals surface area (Å²) < 4.78 is 6.17. The van der Waals surface area contributed by atoms with Gasteiger partial charge in [0.05, 0.1) is 11.8 Å².